The summed E-state index contributed by atoms with van der Waals surface area (Å²) in [7, 11) is 1.70. The van der Waals surface area contributed by atoms with Gasteiger partial charge in [-0.2, -0.15) is 0 Å². The zero-order valence-electron chi connectivity index (χ0n) is 13.1. The molecule has 21 heavy (non-hydrogen) atoms. The minimum atomic E-state index is 0.612. The Morgan fingerprint density at radius 3 is 2.62 bits per heavy atom. The summed E-state index contributed by atoms with van der Waals surface area (Å²) in [6.45, 7) is 9.21. The lowest BCUT2D eigenvalue weighted by atomic mass is 10.2. The first-order valence-electron chi connectivity index (χ1n) is 7.52. The van der Waals surface area contributed by atoms with Gasteiger partial charge in [-0.1, -0.05) is 19.9 Å². The Morgan fingerprint density at radius 1 is 1.29 bits per heavy atom. The lowest BCUT2D eigenvalue weighted by Crippen LogP contribution is -2.52. The predicted octanol–water partition coefficient (Wildman–Crippen LogP) is 2.35. The molecule has 5 heteroatoms. The minimum Gasteiger partial charge on any atom is -0.497 e. The highest BCUT2D eigenvalue weighted by molar-refractivity contribution is 7.80. The molecule has 4 nitrogen and oxygen atoms in total. The molecule has 1 N–H and O–H groups in total. The van der Waals surface area contributed by atoms with E-state index in [1.54, 1.807) is 7.11 Å². The van der Waals surface area contributed by atoms with Gasteiger partial charge in [0, 0.05) is 44.5 Å². The number of piperazine rings is 1. The van der Waals surface area contributed by atoms with Crippen molar-refractivity contribution in [2.24, 2.45) is 5.92 Å². The molecular formula is C16H25N3OS. The predicted molar refractivity (Wildman–Crippen MR) is 92.2 cm³/mol. The highest BCUT2D eigenvalue weighted by Crippen LogP contribution is 2.22. The maximum atomic E-state index is 5.46. The van der Waals surface area contributed by atoms with Gasteiger partial charge >= 0.3 is 0 Å². The number of hydrogen-bond donors (Lipinski definition) is 1. The molecule has 116 valence electrons. The molecule has 0 amide bonds. The summed E-state index contributed by atoms with van der Waals surface area (Å²) in [5.41, 5.74) is 1.22. The number of rotatable bonds is 4. The Balaban J connectivity index is 1.86. The Kier molecular flexibility index (Phi) is 5.67. The van der Waals surface area contributed by atoms with Crippen molar-refractivity contribution in [1.29, 1.82) is 0 Å². The van der Waals surface area contributed by atoms with Crippen LogP contribution in [-0.2, 0) is 0 Å². The quantitative estimate of drug-likeness (QED) is 0.862. The van der Waals surface area contributed by atoms with Crippen molar-refractivity contribution in [3.05, 3.63) is 24.3 Å². The number of benzene rings is 1. The number of thiocarbonyl (C=S) groups is 1. The molecule has 0 atom stereocenters. The van der Waals surface area contributed by atoms with Gasteiger partial charge in [0.05, 0.1) is 7.11 Å². The summed E-state index contributed by atoms with van der Waals surface area (Å²) in [5, 5.41) is 4.23. The van der Waals surface area contributed by atoms with Gasteiger partial charge in [-0.05, 0) is 30.3 Å². The lowest BCUT2D eigenvalue weighted by molar-refractivity contribution is 0.377. The summed E-state index contributed by atoms with van der Waals surface area (Å²) in [6, 6.07) is 8.23. The van der Waals surface area contributed by atoms with Gasteiger partial charge in [0.15, 0.2) is 5.11 Å². The topological polar surface area (TPSA) is 27.7 Å². The highest BCUT2D eigenvalue weighted by Gasteiger charge is 2.19. The largest absolute Gasteiger partial charge is 0.497 e. The molecule has 0 bridgehead atoms. The van der Waals surface area contributed by atoms with Crippen LogP contribution in [0.15, 0.2) is 24.3 Å². The molecule has 1 fully saturated rings. The van der Waals surface area contributed by atoms with Crippen molar-refractivity contribution in [3.63, 3.8) is 0 Å². The van der Waals surface area contributed by atoms with Crippen LogP contribution in [0.25, 0.3) is 0 Å². The monoisotopic (exact) mass is 307 g/mol. The number of anilines is 1. The molecule has 0 aromatic heterocycles. The second-order valence-electron chi connectivity index (χ2n) is 5.76. The Bertz CT molecular complexity index is 470. The van der Waals surface area contributed by atoms with Gasteiger partial charge in [0.25, 0.3) is 0 Å². The van der Waals surface area contributed by atoms with Gasteiger partial charge in [-0.15, -0.1) is 0 Å². The number of methoxy groups -OCH3 is 1. The average Bonchev–Trinajstić information content (AvgIpc) is 2.52. The molecule has 0 unspecified atom stereocenters. The van der Waals surface area contributed by atoms with Crippen LogP contribution in [0, 0.1) is 5.92 Å². The van der Waals surface area contributed by atoms with Crippen LogP contribution in [0.1, 0.15) is 13.8 Å². The van der Waals surface area contributed by atoms with Crippen molar-refractivity contribution in [1.82, 2.24) is 10.2 Å². The van der Waals surface area contributed by atoms with E-state index < -0.39 is 0 Å². The summed E-state index contributed by atoms with van der Waals surface area (Å²) in [4.78, 5) is 4.64. The molecule has 1 saturated heterocycles. The second-order valence-corrected chi connectivity index (χ2v) is 6.14. The van der Waals surface area contributed by atoms with E-state index in [4.69, 9.17) is 17.0 Å². The molecule has 1 heterocycles. The minimum absolute atomic E-state index is 0.612. The van der Waals surface area contributed by atoms with Crippen LogP contribution >= 0.6 is 12.2 Å². The fourth-order valence-electron chi connectivity index (χ4n) is 2.38. The molecular weight excluding hydrogens is 282 g/mol. The lowest BCUT2D eigenvalue weighted by Gasteiger charge is -2.37. The molecule has 1 aliphatic heterocycles. The van der Waals surface area contributed by atoms with Gasteiger partial charge in [0.1, 0.15) is 5.75 Å². The third-order valence-electron chi connectivity index (χ3n) is 3.65. The molecule has 0 spiro atoms. The molecule has 0 saturated carbocycles. The Hall–Kier alpha value is -1.49. The van der Waals surface area contributed by atoms with Crippen LogP contribution in [0.2, 0.25) is 0 Å². The Labute approximate surface area is 133 Å². The fourth-order valence-corrected chi connectivity index (χ4v) is 2.64. The molecule has 1 aliphatic rings. The maximum absolute atomic E-state index is 5.46. The molecule has 0 aliphatic carbocycles. The number of hydrogen-bond acceptors (Lipinski definition) is 3. The summed E-state index contributed by atoms with van der Waals surface area (Å²) in [6.07, 6.45) is 0. The van der Waals surface area contributed by atoms with Gasteiger partial charge in [-0.3, -0.25) is 0 Å². The van der Waals surface area contributed by atoms with Crippen LogP contribution in [0.3, 0.4) is 0 Å². The van der Waals surface area contributed by atoms with E-state index in [9.17, 15) is 0 Å². The third kappa shape index (κ3) is 4.49. The van der Waals surface area contributed by atoms with Crippen LogP contribution in [0.5, 0.6) is 5.75 Å². The SMILES string of the molecule is COc1cccc(N2CCN(C(=S)NCC(C)C)CC2)c1. The molecule has 2 rings (SSSR count). The van der Waals surface area contributed by atoms with Crippen molar-refractivity contribution in [2.75, 3.05) is 44.7 Å². The first kappa shape index (κ1) is 15.9. The van der Waals surface area contributed by atoms with Gasteiger partial charge < -0.3 is 19.9 Å². The van der Waals surface area contributed by atoms with E-state index in [-0.39, 0.29) is 0 Å². The summed E-state index contributed by atoms with van der Waals surface area (Å²) in [5.74, 6) is 1.52. The van der Waals surface area contributed by atoms with E-state index >= 15 is 0 Å². The van der Waals surface area contributed by atoms with Crippen LogP contribution in [0.4, 0.5) is 5.69 Å². The number of nitrogens with zero attached hydrogens (tertiary/aromatic N) is 2. The molecule has 1 aromatic rings. The van der Waals surface area contributed by atoms with Crippen LogP contribution < -0.4 is 15.0 Å². The van der Waals surface area contributed by atoms with Crippen molar-refractivity contribution < 1.29 is 4.74 Å². The highest BCUT2D eigenvalue weighted by atomic mass is 32.1. The molecule has 1 aromatic carbocycles. The zero-order valence-corrected chi connectivity index (χ0v) is 13.9. The van der Waals surface area contributed by atoms with E-state index in [1.807, 2.05) is 12.1 Å². The smallest absolute Gasteiger partial charge is 0.169 e. The van der Waals surface area contributed by atoms with E-state index in [0.717, 1.165) is 43.6 Å². The number of nitrogens with one attached hydrogen (secondary N) is 1. The second kappa shape index (κ2) is 7.50. The van der Waals surface area contributed by atoms with E-state index in [1.165, 1.54) is 5.69 Å². The van der Waals surface area contributed by atoms with Crippen molar-refractivity contribution in [3.8, 4) is 5.75 Å². The van der Waals surface area contributed by atoms with Crippen molar-refractivity contribution >= 4 is 23.0 Å². The standard InChI is InChI=1S/C16H25N3OS/c1-13(2)12-17-16(21)19-9-7-18(8-10-19)14-5-4-6-15(11-14)20-3/h4-6,11,13H,7-10,12H2,1-3H3,(H,17,21). The van der Waals surface area contributed by atoms with E-state index in [0.29, 0.717) is 5.92 Å². The van der Waals surface area contributed by atoms with Gasteiger partial charge in [-0.25, -0.2) is 0 Å². The average molecular weight is 307 g/mol. The first-order chi connectivity index (χ1) is 10.1. The maximum Gasteiger partial charge on any atom is 0.169 e. The third-order valence-corrected chi connectivity index (χ3v) is 4.05. The van der Waals surface area contributed by atoms with E-state index in [2.05, 4.69) is 41.1 Å². The normalized spacial score (nSPS) is 15.2. The Morgan fingerprint density at radius 2 is 2.00 bits per heavy atom. The van der Waals surface area contributed by atoms with Gasteiger partial charge in [0.2, 0.25) is 0 Å². The van der Waals surface area contributed by atoms with Crippen LogP contribution in [-0.4, -0.2) is 49.8 Å². The first-order valence-corrected chi connectivity index (χ1v) is 7.92. The summed E-state index contributed by atoms with van der Waals surface area (Å²) < 4.78 is 5.29. The molecule has 0 radical (unpaired) electrons. The van der Waals surface area contributed by atoms with Crippen molar-refractivity contribution in [2.45, 2.75) is 13.8 Å². The number of ether oxygens (including phenoxy) is 1. The summed E-state index contributed by atoms with van der Waals surface area (Å²) >= 11 is 5.46. The fraction of sp³-hybridized carbons (Fsp3) is 0.562. The zero-order chi connectivity index (χ0) is 15.2.